The lowest BCUT2D eigenvalue weighted by molar-refractivity contribution is -0.151. The third-order valence-electron chi connectivity index (χ3n) is 6.40. The molecule has 1 fully saturated rings. The number of carbonyl (C=O) groups excluding carboxylic acids is 2. The minimum atomic E-state index is -3.42. The van der Waals surface area contributed by atoms with Crippen LogP contribution >= 0.6 is 0 Å². The Kier molecular flexibility index (Phi) is 6.81. The van der Waals surface area contributed by atoms with E-state index in [4.69, 9.17) is 9.84 Å². The van der Waals surface area contributed by atoms with Crippen LogP contribution in [0.3, 0.4) is 0 Å². The van der Waals surface area contributed by atoms with Crippen molar-refractivity contribution in [2.24, 2.45) is 5.92 Å². The topological polar surface area (TPSA) is 95.9 Å². The molecule has 2 aromatic carbocycles. The number of carboxylic acid groups (broad SMARTS) is 1. The van der Waals surface area contributed by atoms with Crippen LogP contribution in [-0.4, -0.2) is 60.1 Å². The number of amides is 2. The summed E-state index contributed by atoms with van der Waals surface area (Å²) in [4.78, 5) is 36.1. The summed E-state index contributed by atoms with van der Waals surface area (Å²) in [5, 5.41) is 11.5. The van der Waals surface area contributed by atoms with Crippen molar-refractivity contribution in [3.05, 3.63) is 59.7 Å². The summed E-state index contributed by atoms with van der Waals surface area (Å²) in [6, 6.07) is 16.1. The van der Waals surface area contributed by atoms with Crippen molar-refractivity contribution < 1.29 is 33.0 Å². The monoisotopic (exact) mass is 472 g/mol. The van der Waals surface area contributed by atoms with Crippen molar-refractivity contribution in [2.75, 3.05) is 26.2 Å². The van der Waals surface area contributed by atoms with Crippen LogP contribution < -0.4 is 5.32 Å². The lowest BCUT2D eigenvalue weighted by atomic mass is 9.98. The zero-order valence-corrected chi connectivity index (χ0v) is 18.5. The van der Waals surface area contributed by atoms with Crippen molar-refractivity contribution in [3.8, 4) is 11.1 Å². The Morgan fingerprint density at radius 1 is 1.03 bits per heavy atom. The summed E-state index contributed by atoms with van der Waals surface area (Å²) in [7, 11) is 0. The highest BCUT2D eigenvalue weighted by molar-refractivity contribution is 5.80. The van der Waals surface area contributed by atoms with Crippen LogP contribution in [0, 0.1) is 5.92 Å². The molecular formula is C25H26F2N2O5. The van der Waals surface area contributed by atoms with Gasteiger partial charge in [0, 0.05) is 25.4 Å². The van der Waals surface area contributed by atoms with Gasteiger partial charge in [0.1, 0.15) is 12.5 Å². The lowest BCUT2D eigenvalue weighted by Gasteiger charge is -2.16. The molecule has 34 heavy (non-hydrogen) atoms. The molecule has 0 bridgehead atoms. The number of hydrogen-bond donors (Lipinski definition) is 2. The van der Waals surface area contributed by atoms with Crippen molar-refractivity contribution in [2.45, 2.75) is 31.1 Å². The van der Waals surface area contributed by atoms with Gasteiger partial charge in [-0.25, -0.2) is 13.6 Å². The SMILES string of the molecule is O=C(NCCCCC(=O)N1CC(C(=O)O)C(F)(F)C1)OCC1c2ccccc2-c2ccccc21. The second-order valence-corrected chi connectivity index (χ2v) is 8.64. The molecule has 1 heterocycles. The van der Waals surface area contributed by atoms with Gasteiger partial charge in [-0.15, -0.1) is 0 Å². The molecule has 2 aromatic rings. The first kappa shape index (κ1) is 23.7. The van der Waals surface area contributed by atoms with Gasteiger partial charge in [-0.2, -0.15) is 0 Å². The van der Waals surface area contributed by atoms with Gasteiger partial charge in [-0.1, -0.05) is 48.5 Å². The van der Waals surface area contributed by atoms with Crippen molar-refractivity contribution in [1.82, 2.24) is 10.2 Å². The quantitative estimate of drug-likeness (QED) is 0.569. The molecule has 2 N–H and O–H groups in total. The first-order valence-corrected chi connectivity index (χ1v) is 11.2. The number of nitrogens with one attached hydrogen (secondary N) is 1. The predicted octanol–water partition coefficient (Wildman–Crippen LogP) is 3.87. The van der Waals surface area contributed by atoms with Gasteiger partial charge in [0.2, 0.25) is 5.91 Å². The maximum atomic E-state index is 13.7. The molecule has 0 radical (unpaired) electrons. The minimum Gasteiger partial charge on any atom is -0.481 e. The molecule has 0 spiro atoms. The standard InChI is InChI=1S/C25H26F2N2O5/c26-25(27)15-29(13-21(25)23(31)32)22(30)11-5-6-12-28-24(33)34-14-20-18-9-3-1-7-16(18)17-8-2-4-10-19(17)20/h1-4,7-10,20-21H,5-6,11-15H2,(H,28,33)(H,31,32). The van der Waals surface area contributed by atoms with Crippen molar-refractivity contribution >= 4 is 18.0 Å². The van der Waals surface area contributed by atoms with Gasteiger partial charge in [0.05, 0.1) is 6.54 Å². The summed E-state index contributed by atoms with van der Waals surface area (Å²) < 4.78 is 32.9. The number of benzene rings is 2. The van der Waals surface area contributed by atoms with Crippen LogP contribution in [0.5, 0.6) is 0 Å². The molecule has 1 unspecified atom stereocenters. The molecule has 9 heteroatoms. The number of carboxylic acids is 1. The van der Waals surface area contributed by atoms with E-state index in [1.165, 1.54) is 0 Å². The van der Waals surface area contributed by atoms with Crippen LogP contribution in [-0.2, 0) is 14.3 Å². The number of unbranched alkanes of at least 4 members (excludes halogenated alkanes) is 1. The number of rotatable bonds is 8. The molecule has 0 aromatic heterocycles. The second kappa shape index (κ2) is 9.79. The minimum absolute atomic E-state index is 0.00872. The zero-order valence-electron chi connectivity index (χ0n) is 18.5. The Labute approximate surface area is 195 Å². The van der Waals surface area contributed by atoms with Gasteiger partial charge < -0.3 is 20.1 Å². The fourth-order valence-electron chi connectivity index (χ4n) is 4.63. The Hall–Kier alpha value is -3.49. The maximum Gasteiger partial charge on any atom is 0.407 e. The number of hydrogen-bond acceptors (Lipinski definition) is 4. The Balaban J connectivity index is 1.18. The summed E-state index contributed by atoms with van der Waals surface area (Å²) in [5.74, 6) is -7.44. The van der Waals surface area contributed by atoms with Crippen LogP contribution in [0.15, 0.2) is 48.5 Å². The maximum absolute atomic E-state index is 13.7. The number of nitrogens with zero attached hydrogens (tertiary/aromatic N) is 1. The highest BCUT2D eigenvalue weighted by Gasteiger charge is 2.53. The molecule has 2 amide bonds. The molecule has 7 nitrogen and oxygen atoms in total. The van der Waals surface area contributed by atoms with Crippen LogP contribution in [0.1, 0.15) is 36.3 Å². The van der Waals surface area contributed by atoms with Crippen LogP contribution in [0.25, 0.3) is 11.1 Å². The number of carbonyl (C=O) groups is 3. The van der Waals surface area contributed by atoms with Gasteiger partial charge >= 0.3 is 12.1 Å². The smallest absolute Gasteiger partial charge is 0.407 e. The lowest BCUT2D eigenvalue weighted by Crippen LogP contribution is -2.33. The normalized spacial score (nSPS) is 18.3. The molecule has 180 valence electrons. The second-order valence-electron chi connectivity index (χ2n) is 8.64. The zero-order chi connectivity index (χ0) is 24.3. The fourth-order valence-corrected chi connectivity index (χ4v) is 4.63. The van der Waals surface area contributed by atoms with E-state index in [-0.39, 0.29) is 25.5 Å². The molecular weight excluding hydrogens is 446 g/mol. The number of likely N-dealkylation sites (tertiary alicyclic amines) is 1. The molecule has 4 rings (SSSR count). The third kappa shape index (κ3) is 4.88. The van der Waals surface area contributed by atoms with E-state index in [0.717, 1.165) is 27.2 Å². The number of aliphatic carboxylic acids is 1. The van der Waals surface area contributed by atoms with Crippen molar-refractivity contribution in [1.29, 1.82) is 0 Å². The molecule has 1 atom stereocenters. The number of ether oxygens (including phenoxy) is 1. The Morgan fingerprint density at radius 3 is 2.24 bits per heavy atom. The van der Waals surface area contributed by atoms with E-state index in [2.05, 4.69) is 17.4 Å². The molecule has 2 aliphatic rings. The highest BCUT2D eigenvalue weighted by atomic mass is 19.3. The van der Waals surface area contributed by atoms with Crippen molar-refractivity contribution in [3.63, 3.8) is 0 Å². The van der Waals surface area contributed by atoms with Gasteiger partial charge in [0.25, 0.3) is 5.92 Å². The molecule has 1 aliphatic carbocycles. The number of halogens is 2. The summed E-state index contributed by atoms with van der Waals surface area (Å²) in [6.45, 7) is -0.885. The van der Waals surface area contributed by atoms with Gasteiger partial charge in [0.15, 0.2) is 0 Å². The van der Waals surface area contributed by atoms with E-state index in [0.29, 0.717) is 12.8 Å². The first-order chi connectivity index (χ1) is 16.3. The molecule has 0 saturated carbocycles. The fraction of sp³-hybridized carbons (Fsp3) is 0.400. The number of fused-ring (bicyclic) bond motifs is 3. The summed E-state index contributed by atoms with van der Waals surface area (Å²) in [5.41, 5.74) is 4.52. The summed E-state index contributed by atoms with van der Waals surface area (Å²) >= 11 is 0. The largest absolute Gasteiger partial charge is 0.481 e. The molecule has 1 saturated heterocycles. The van der Waals surface area contributed by atoms with E-state index in [9.17, 15) is 23.2 Å². The van der Waals surface area contributed by atoms with Gasteiger partial charge in [-0.05, 0) is 35.1 Å². The summed E-state index contributed by atoms with van der Waals surface area (Å²) in [6.07, 6.45) is 0.288. The average molecular weight is 472 g/mol. The Morgan fingerprint density at radius 2 is 1.65 bits per heavy atom. The first-order valence-electron chi connectivity index (χ1n) is 11.2. The van der Waals surface area contributed by atoms with E-state index in [1.807, 2.05) is 36.4 Å². The van der Waals surface area contributed by atoms with E-state index in [1.54, 1.807) is 0 Å². The number of alkyl carbamates (subject to hydrolysis) is 1. The Bertz CT molecular complexity index is 1040. The average Bonchev–Trinajstić information content (AvgIpc) is 3.31. The van der Waals surface area contributed by atoms with Crippen LogP contribution in [0.4, 0.5) is 13.6 Å². The molecule has 1 aliphatic heterocycles. The highest BCUT2D eigenvalue weighted by Crippen LogP contribution is 2.44. The number of alkyl halides is 2. The van der Waals surface area contributed by atoms with E-state index < -0.39 is 42.9 Å². The van der Waals surface area contributed by atoms with Crippen LogP contribution in [0.2, 0.25) is 0 Å². The van der Waals surface area contributed by atoms with Gasteiger partial charge in [-0.3, -0.25) is 9.59 Å². The predicted molar refractivity (Wildman–Crippen MR) is 120 cm³/mol. The van der Waals surface area contributed by atoms with E-state index >= 15 is 0 Å². The third-order valence-corrected chi connectivity index (χ3v) is 6.40.